The maximum atomic E-state index is 12.0. The van der Waals surface area contributed by atoms with Gasteiger partial charge in [-0.05, 0) is 19.1 Å². The molecule has 2 aromatic carbocycles. The first-order valence-corrected chi connectivity index (χ1v) is 5.99. The molecule has 0 bridgehead atoms. The van der Waals surface area contributed by atoms with E-state index in [0.29, 0.717) is 5.56 Å². The first kappa shape index (κ1) is 12.9. The number of carbonyl (C=O) groups is 1. The Bertz CT molecular complexity index is 591. The van der Waals surface area contributed by atoms with E-state index in [1.807, 2.05) is 49.4 Å². The van der Waals surface area contributed by atoms with Gasteiger partial charge in [0.1, 0.15) is 0 Å². The SMILES string of the molecule is C#C[C@H](OC(=O)c1ccc(C)cc1)c1ccccc1. The van der Waals surface area contributed by atoms with E-state index < -0.39 is 12.1 Å². The van der Waals surface area contributed by atoms with E-state index in [-0.39, 0.29) is 0 Å². The molecule has 94 valence electrons. The summed E-state index contributed by atoms with van der Waals surface area (Å²) >= 11 is 0. The number of ether oxygens (including phenoxy) is 1. The smallest absolute Gasteiger partial charge is 0.339 e. The summed E-state index contributed by atoms with van der Waals surface area (Å²) in [6, 6.07) is 16.5. The molecule has 0 aromatic heterocycles. The van der Waals surface area contributed by atoms with Crippen molar-refractivity contribution in [2.24, 2.45) is 0 Å². The van der Waals surface area contributed by atoms with Crippen molar-refractivity contribution in [3.05, 3.63) is 71.3 Å². The highest BCUT2D eigenvalue weighted by atomic mass is 16.5. The molecule has 0 fully saturated rings. The summed E-state index contributed by atoms with van der Waals surface area (Å²) in [7, 11) is 0. The molecule has 0 aliphatic carbocycles. The second-order valence-electron chi connectivity index (χ2n) is 4.23. The fraction of sp³-hybridized carbons (Fsp3) is 0.118. The number of benzene rings is 2. The van der Waals surface area contributed by atoms with Gasteiger partial charge in [0.25, 0.3) is 0 Å². The number of hydrogen-bond acceptors (Lipinski definition) is 2. The Hall–Kier alpha value is -2.53. The van der Waals surface area contributed by atoms with Crippen molar-refractivity contribution in [2.75, 3.05) is 0 Å². The van der Waals surface area contributed by atoms with Gasteiger partial charge in [0.15, 0.2) is 6.10 Å². The van der Waals surface area contributed by atoms with E-state index in [4.69, 9.17) is 11.2 Å². The van der Waals surface area contributed by atoms with E-state index >= 15 is 0 Å². The molecule has 2 nitrogen and oxygen atoms in total. The average molecular weight is 250 g/mol. The second kappa shape index (κ2) is 5.88. The number of carbonyl (C=O) groups excluding carboxylic acids is 1. The van der Waals surface area contributed by atoms with Gasteiger partial charge in [-0.2, -0.15) is 0 Å². The number of hydrogen-bond donors (Lipinski definition) is 0. The molecule has 2 aromatic rings. The number of rotatable bonds is 3. The van der Waals surface area contributed by atoms with E-state index in [0.717, 1.165) is 11.1 Å². The quantitative estimate of drug-likeness (QED) is 0.615. The van der Waals surface area contributed by atoms with E-state index in [2.05, 4.69) is 5.92 Å². The third-order valence-electron chi connectivity index (χ3n) is 2.77. The second-order valence-corrected chi connectivity index (χ2v) is 4.23. The molecule has 0 saturated heterocycles. The van der Waals surface area contributed by atoms with Crippen molar-refractivity contribution in [1.82, 2.24) is 0 Å². The summed E-state index contributed by atoms with van der Waals surface area (Å²) < 4.78 is 5.34. The Labute approximate surface area is 113 Å². The van der Waals surface area contributed by atoms with Crippen LogP contribution >= 0.6 is 0 Å². The predicted molar refractivity (Wildman–Crippen MR) is 74.6 cm³/mol. The zero-order chi connectivity index (χ0) is 13.7. The molecule has 0 spiro atoms. The van der Waals surface area contributed by atoms with Gasteiger partial charge in [-0.15, -0.1) is 6.42 Å². The van der Waals surface area contributed by atoms with Gasteiger partial charge in [-0.1, -0.05) is 53.9 Å². The summed E-state index contributed by atoms with van der Waals surface area (Å²) in [6.45, 7) is 1.96. The van der Waals surface area contributed by atoms with Crippen molar-refractivity contribution >= 4 is 5.97 Å². The van der Waals surface area contributed by atoms with Crippen molar-refractivity contribution in [3.63, 3.8) is 0 Å². The molecule has 0 N–H and O–H groups in total. The zero-order valence-corrected chi connectivity index (χ0v) is 10.7. The first-order valence-electron chi connectivity index (χ1n) is 5.99. The molecule has 19 heavy (non-hydrogen) atoms. The van der Waals surface area contributed by atoms with Crippen molar-refractivity contribution in [1.29, 1.82) is 0 Å². The average Bonchev–Trinajstić information content (AvgIpc) is 2.46. The molecule has 0 heterocycles. The summed E-state index contributed by atoms with van der Waals surface area (Å²) in [4.78, 5) is 12.0. The van der Waals surface area contributed by atoms with Crippen LogP contribution in [-0.4, -0.2) is 5.97 Å². The summed E-state index contributed by atoms with van der Waals surface area (Å²) in [5.41, 5.74) is 2.39. The van der Waals surface area contributed by atoms with Crippen LogP contribution in [-0.2, 0) is 4.74 Å². The van der Waals surface area contributed by atoms with Gasteiger partial charge in [-0.3, -0.25) is 0 Å². The summed E-state index contributed by atoms with van der Waals surface area (Å²) in [6.07, 6.45) is 4.77. The monoisotopic (exact) mass is 250 g/mol. The first-order chi connectivity index (χ1) is 9.20. The van der Waals surface area contributed by atoms with E-state index in [9.17, 15) is 4.79 Å². The fourth-order valence-electron chi connectivity index (χ4n) is 1.69. The standard InChI is InChI=1S/C17H14O2/c1-3-16(14-7-5-4-6-8-14)19-17(18)15-11-9-13(2)10-12-15/h1,4-12,16H,2H3/t16-/m0/s1. The lowest BCUT2D eigenvalue weighted by molar-refractivity contribution is 0.0408. The van der Waals surface area contributed by atoms with E-state index in [1.54, 1.807) is 12.1 Å². The van der Waals surface area contributed by atoms with Crippen LogP contribution in [0.4, 0.5) is 0 Å². The Kier molecular flexibility index (Phi) is 4.00. The fourth-order valence-corrected chi connectivity index (χ4v) is 1.69. The van der Waals surface area contributed by atoms with Gasteiger partial charge >= 0.3 is 5.97 Å². The van der Waals surface area contributed by atoms with Gasteiger partial charge in [-0.25, -0.2) is 4.79 Å². The molecule has 0 aliphatic rings. The topological polar surface area (TPSA) is 26.3 Å². The van der Waals surface area contributed by atoms with Gasteiger partial charge in [0.2, 0.25) is 0 Å². The Morgan fingerprint density at radius 1 is 1.11 bits per heavy atom. The predicted octanol–water partition coefficient (Wildman–Crippen LogP) is 3.53. The molecule has 0 aliphatic heterocycles. The Morgan fingerprint density at radius 3 is 2.32 bits per heavy atom. The molecule has 0 unspecified atom stereocenters. The Balaban J connectivity index is 2.13. The van der Waals surface area contributed by atoms with Crippen LogP contribution in [0.2, 0.25) is 0 Å². The highest BCUT2D eigenvalue weighted by molar-refractivity contribution is 5.89. The van der Waals surface area contributed by atoms with Gasteiger partial charge in [0, 0.05) is 5.56 Å². The third kappa shape index (κ3) is 3.23. The maximum absolute atomic E-state index is 12.0. The highest BCUT2D eigenvalue weighted by Crippen LogP contribution is 2.18. The van der Waals surface area contributed by atoms with Crippen molar-refractivity contribution in [2.45, 2.75) is 13.0 Å². The van der Waals surface area contributed by atoms with Crippen molar-refractivity contribution < 1.29 is 9.53 Å². The lowest BCUT2D eigenvalue weighted by Crippen LogP contribution is -2.10. The van der Waals surface area contributed by atoms with Crippen LogP contribution in [0.5, 0.6) is 0 Å². The molecule has 0 amide bonds. The van der Waals surface area contributed by atoms with Crippen LogP contribution in [0.15, 0.2) is 54.6 Å². The normalized spacial score (nSPS) is 11.4. The molecule has 0 radical (unpaired) electrons. The molecule has 2 heteroatoms. The summed E-state index contributed by atoms with van der Waals surface area (Å²) in [5.74, 6) is 2.08. The van der Waals surface area contributed by atoms with E-state index in [1.165, 1.54) is 0 Å². The molecule has 0 saturated carbocycles. The van der Waals surface area contributed by atoms with Gasteiger partial charge < -0.3 is 4.74 Å². The summed E-state index contributed by atoms with van der Waals surface area (Å²) in [5, 5.41) is 0. The highest BCUT2D eigenvalue weighted by Gasteiger charge is 2.15. The van der Waals surface area contributed by atoms with Crippen LogP contribution in [0.3, 0.4) is 0 Å². The molecular weight excluding hydrogens is 236 g/mol. The van der Waals surface area contributed by atoms with Gasteiger partial charge in [0.05, 0.1) is 5.56 Å². The molecule has 1 atom stereocenters. The third-order valence-corrected chi connectivity index (χ3v) is 2.77. The molecule has 2 rings (SSSR count). The molecular formula is C17H14O2. The number of aryl methyl sites for hydroxylation is 1. The van der Waals surface area contributed by atoms with Crippen LogP contribution in [0.1, 0.15) is 27.6 Å². The lowest BCUT2D eigenvalue weighted by atomic mass is 10.1. The largest absolute Gasteiger partial charge is 0.441 e. The van der Waals surface area contributed by atoms with Crippen LogP contribution < -0.4 is 0 Å². The van der Waals surface area contributed by atoms with Crippen LogP contribution in [0, 0.1) is 19.3 Å². The van der Waals surface area contributed by atoms with Crippen LogP contribution in [0.25, 0.3) is 0 Å². The zero-order valence-electron chi connectivity index (χ0n) is 10.7. The Morgan fingerprint density at radius 2 is 1.74 bits per heavy atom. The lowest BCUT2D eigenvalue weighted by Gasteiger charge is -2.12. The van der Waals surface area contributed by atoms with Crippen molar-refractivity contribution in [3.8, 4) is 12.3 Å². The minimum absolute atomic E-state index is 0.410. The maximum Gasteiger partial charge on any atom is 0.339 e. The number of esters is 1. The number of terminal acetylenes is 1. The minimum Gasteiger partial charge on any atom is -0.441 e. The minimum atomic E-state index is -0.657.